The van der Waals surface area contributed by atoms with E-state index in [0.29, 0.717) is 30.4 Å². The highest BCUT2D eigenvalue weighted by atomic mass is 16.7. The Morgan fingerprint density at radius 3 is 2.22 bits per heavy atom. The van der Waals surface area contributed by atoms with E-state index in [-0.39, 0.29) is 5.57 Å². The van der Waals surface area contributed by atoms with Gasteiger partial charge in [0, 0.05) is 31.8 Å². The monoisotopic (exact) mass is 319 g/mol. The van der Waals surface area contributed by atoms with Gasteiger partial charge in [0.05, 0.1) is 0 Å². The highest BCUT2D eigenvalue weighted by Gasteiger charge is 2.38. The van der Waals surface area contributed by atoms with Gasteiger partial charge in [-0.2, -0.15) is 0 Å². The largest absolute Gasteiger partial charge is 0.486 e. The molecule has 0 amide bonds. The maximum Gasteiger partial charge on any atom is 0.350 e. The van der Waals surface area contributed by atoms with Crippen LogP contribution < -0.4 is 14.8 Å². The van der Waals surface area contributed by atoms with Crippen LogP contribution in [0.1, 0.15) is 19.4 Å². The Morgan fingerprint density at radius 2 is 1.61 bits per heavy atom. The van der Waals surface area contributed by atoms with Crippen molar-refractivity contribution in [3.05, 3.63) is 29.5 Å². The van der Waals surface area contributed by atoms with Crippen molar-refractivity contribution in [3.8, 4) is 11.5 Å². The van der Waals surface area contributed by atoms with Gasteiger partial charge in [-0.3, -0.25) is 0 Å². The van der Waals surface area contributed by atoms with E-state index in [0.717, 1.165) is 5.56 Å². The van der Waals surface area contributed by atoms with Gasteiger partial charge in [-0.1, -0.05) is 0 Å². The van der Waals surface area contributed by atoms with Crippen LogP contribution in [0.15, 0.2) is 23.9 Å². The smallest absolute Gasteiger partial charge is 0.350 e. The average Bonchev–Trinajstić information content (AvgIpc) is 2.45. The topological polar surface area (TPSA) is 83.1 Å². The third kappa shape index (κ3) is 3.08. The molecule has 23 heavy (non-hydrogen) atoms. The fraction of sp³-hybridized carbons (Fsp3) is 0.375. The summed E-state index contributed by atoms with van der Waals surface area (Å²) >= 11 is 0. The summed E-state index contributed by atoms with van der Waals surface area (Å²) in [4.78, 5) is 23.8. The average molecular weight is 319 g/mol. The molecule has 0 saturated carbocycles. The number of nitrogens with one attached hydrogen (secondary N) is 1. The highest BCUT2D eigenvalue weighted by Crippen LogP contribution is 2.35. The molecule has 0 bridgehead atoms. The van der Waals surface area contributed by atoms with Crippen LogP contribution in [0.25, 0.3) is 0 Å². The number of fused-ring (bicyclic) bond motifs is 1. The van der Waals surface area contributed by atoms with Crippen molar-refractivity contribution in [1.82, 2.24) is 0 Å². The van der Waals surface area contributed by atoms with Crippen molar-refractivity contribution in [2.45, 2.75) is 26.6 Å². The molecule has 1 aromatic rings. The van der Waals surface area contributed by atoms with Crippen LogP contribution in [0, 0.1) is 6.92 Å². The Morgan fingerprint density at radius 1 is 1.04 bits per heavy atom. The Balaban J connectivity index is 1.82. The first-order valence-electron chi connectivity index (χ1n) is 7.19. The number of aryl methyl sites for hydroxylation is 1. The number of ether oxygens (including phenoxy) is 4. The molecule has 3 rings (SSSR count). The molecular formula is C16H17NO6. The zero-order chi connectivity index (χ0) is 16.6. The number of carbonyl (C=O) groups is 2. The number of cyclic esters (lactones) is 2. The quantitative estimate of drug-likeness (QED) is 0.506. The maximum absolute atomic E-state index is 11.9. The SMILES string of the molecule is Cc1cc2c(cc1NC=C1C(=O)OC(C)(C)OC1=O)OCCO2. The number of carbonyl (C=O) groups excluding carboxylic acids is 2. The molecule has 0 aliphatic carbocycles. The summed E-state index contributed by atoms with van der Waals surface area (Å²) in [6, 6.07) is 3.58. The summed E-state index contributed by atoms with van der Waals surface area (Å²) in [7, 11) is 0. The van der Waals surface area contributed by atoms with Crippen molar-refractivity contribution in [2.75, 3.05) is 18.5 Å². The first-order chi connectivity index (χ1) is 10.9. The molecule has 2 heterocycles. The normalized spacial score (nSPS) is 18.8. The minimum atomic E-state index is -1.25. The molecule has 1 fully saturated rings. The molecule has 7 heteroatoms. The fourth-order valence-electron chi connectivity index (χ4n) is 2.27. The van der Waals surface area contributed by atoms with Crippen LogP contribution in [-0.4, -0.2) is 30.9 Å². The van der Waals surface area contributed by atoms with Crippen molar-refractivity contribution in [1.29, 1.82) is 0 Å². The Labute approximate surface area is 133 Å². The summed E-state index contributed by atoms with van der Waals surface area (Å²) in [5, 5.41) is 2.92. The molecule has 0 unspecified atom stereocenters. The molecule has 0 spiro atoms. The van der Waals surface area contributed by atoms with Gasteiger partial charge in [0.2, 0.25) is 0 Å². The van der Waals surface area contributed by atoms with Crippen LogP contribution in [0.3, 0.4) is 0 Å². The van der Waals surface area contributed by atoms with Gasteiger partial charge in [0.1, 0.15) is 13.2 Å². The second kappa shape index (κ2) is 5.49. The van der Waals surface area contributed by atoms with E-state index < -0.39 is 17.7 Å². The van der Waals surface area contributed by atoms with Crippen LogP contribution in [0.5, 0.6) is 11.5 Å². The fourth-order valence-corrected chi connectivity index (χ4v) is 2.27. The number of hydrogen-bond donors (Lipinski definition) is 1. The standard InChI is InChI=1S/C16H17NO6/c1-9-6-12-13(21-5-4-20-12)7-11(9)17-8-10-14(18)22-16(2,3)23-15(10)19/h6-8,17H,4-5H2,1-3H3. The van der Waals surface area contributed by atoms with Gasteiger partial charge in [-0.15, -0.1) is 0 Å². The molecular weight excluding hydrogens is 302 g/mol. The lowest BCUT2D eigenvalue weighted by atomic mass is 10.1. The molecule has 1 aromatic carbocycles. The molecule has 122 valence electrons. The number of hydrogen-bond acceptors (Lipinski definition) is 7. The summed E-state index contributed by atoms with van der Waals surface area (Å²) in [6.45, 7) is 5.86. The second-order valence-electron chi connectivity index (χ2n) is 5.69. The molecule has 0 radical (unpaired) electrons. The maximum atomic E-state index is 11.9. The van der Waals surface area contributed by atoms with Gasteiger partial charge in [-0.05, 0) is 18.6 Å². The van der Waals surface area contributed by atoms with Crippen molar-refractivity contribution < 1.29 is 28.5 Å². The van der Waals surface area contributed by atoms with Crippen LogP contribution in [0.2, 0.25) is 0 Å². The molecule has 2 aliphatic rings. The van der Waals surface area contributed by atoms with E-state index in [9.17, 15) is 9.59 Å². The van der Waals surface area contributed by atoms with Gasteiger partial charge in [0.25, 0.3) is 5.79 Å². The zero-order valence-electron chi connectivity index (χ0n) is 13.1. The predicted molar refractivity (Wildman–Crippen MR) is 80.1 cm³/mol. The molecule has 1 N–H and O–H groups in total. The van der Waals surface area contributed by atoms with Crippen molar-refractivity contribution in [2.24, 2.45) is 0 Å². The van der Waals surface area contributed by atoms with E-state index >= 15 is 0 Å². The minimum absolute atomic E-state index is 0.196. The minimum Gasteiger partial charge on any atom is -0.486 e. The number of rotatable bonds is 2. The van der Waals surface area contributed by atoms with Crippen molar-refractivity contribution >= 4 is 17.6 Å². The first kappa shape index (κ1) is 15.2. The first-order valence-corrected chi connectivity index (χ1v) is 7.19. The van der Waals surface area contributed by atoms with E-state index in [1.165, 1.54) is 20.0 Å². The lowest BCUT2D eigenvalue weighted by Crippen LogP contribution is -2.42. The molecule has 2 aliphatic heterocycles. The van der Waals surface area contributed by atoms with Crippen molar-refractivity contribution in [3.63, 3.8) is 0 Å². The van der Waals surface area contributed by atoms with Crippen LogP contribution in [-0.2, 0) is 19.1 Å². The van der Waals surface area contributed by atoms with Crippen LogP contribution >= 0.6 is 0 Å². The summed E-state index contributed by atoms with van der Waals surface area (Å²) in [5.41, 5.74) is 1.37. The van der Waals surface area contributed by atoms with Crippen LogP contribution in [0.4, 0.5) is 5.69 Å². The zero-order valence-corrected chi connectivity index (χ0v) is 13.1. The predicted octanol–water partition coefficient (Wildman–Crippen LogP) is 1.90. The number of anilines is 1. The number of esters is 2. The third-order valence-electron chi connectivity index (χ3n) is 3.38. The molecule has 0 atom stereocenters. The molecule has 7 nitrogen and oxygen atoms in total. The van der Waals surface area contributed by atoms with Gasteiger partial charge >= 0.3 is 11.9 Å². The number of benzene rings is 1. The molecule has 1 saturated heterocycles. The summed E-state index contributed by atoms with van der Waals surface area (Å²) in [6.07, 6.45) is 1.28. The Kier molecular flexibility index (Phi) is 3.63. The molecule has 0 aromatic heterocycles. The van der Waals surface area contributed by atoms with Gasteiger partial charge < -0.3 is 24.3 Å². The van der Waals surface area contributed by atoms with E-state index in [1.807, 2.05) is 13.0 Å². The second-order valence-corrected chi connectivity index (χ2v) is 5.69. The highest BCUT2D eigenvalue weighted by molar-refractivity contribution is 6.15. The summed E-state index contributed by atoms with van der Waals surface area (Å²) in [5.74, 6) is -1.43. The van der Waals surface area contributed by atoms with Gasteiger partial charge in [-0.25, -0.2) is 9.59 Å². The van der Waals surface area contributed by atoms with E-state index in [2.05, 4.69) is 5.32 Å². The van der Waals surface area contributed by atoms with E-state index in [1.54, 1.807) is 6.07 Å². The van der Waals surface area contributed by atoms with Gasteiger partial charge in [0.15, 0.2) is 17.1 Å². The lowest BCUT2D eigenvalue weighted by Gasteiger charge is -2.29. The Bertz CT molecular complexity index is 685. The lowest BCUT2D eigenvalue weighted by molar-refractivity contribution is -0.222. The summed E-state index contributed by atoms with van der Waals surface area (Å²) < 4.78 is 21.1. The third-order valence-corrected chi connectivity index (χ3v) is 3.38. The van der Waals surface area contributed by atoms with E-state index in [4.69, 9.17) is 18.9 Å². The Hall–Kier alpha value is -2.70.